The van der Waals surface area contributed by atoms with E-state index in [0.717, 1.165) is 51.4 Å². The summed E-state index contributed by atoms with van der Waals surface area (Å²) in [5.74, 6) is 0. The van der Waals surface area contributed by atoms with E-state index < -0.39 is 15.4 Å². The summed E-state index contributed by atoms with van der Waals surface area (Å²) in [7, 11) is -4.14. The molecule has 0 aromatic rings. The molecule has 0 spiro atoms. The topological polar surface area (TPSA) is 77.4 Å². The minimum Gasteiger partial charge on any atom is -0.748 e. The van der Waals surface area contributed by atoms with Gasteiger partial charge in [-0.2, -0.15) is 0 Å². The summed E-state index contributed by atoms with van der Waals surface area (Å²) in [6.45, 7) is 2.47. The van der Waals surface area contributed by atoms with E-state index in [0.29, 0.717) is 19.4 Å². The Labute approximate surface area is 205 Å². The molecular weight excluding hydrogens is 375 g/mol. The van der Waals surface area contributed by atoms with Crippen LogP contribution in [0.15, 0.2) is 0 Å². The van der Waals surface area contributed by atoms with Gasteiger partial charge in [0.2, 0.25) is 0 Å². The molecule has 0 aliphatic heterocycles. The average Bonchev–Trinajstić information content (AvgIpc) is 2.56. The predicted octanol–water partition coefficient (Wildman–Crippen LogP) is 2.55. The molecule has 1 N–H and O–H groups in total. The SMILES string of the molecule is CCCCCCCCC(CCCCCCCCCCCO)S(=O)(=O)[O-].[K+]. The first kappa shape index (κ1) is 29.7. The summed E-state index contributed by atoms with van der Waals surface area (Å²) >= 11 is 0. The van der Waals surface area contributed by atoms with Crippen molar-refractivity contribution < 1.29 is 69.5 Å². The predicted molar refractivity (Wildman–Crippen MR) is 105 cm³/mol. The van der Waals surface area contributed by atoms with Gasteiger partial charge in [-0.15, -0.1) is 0 Å². The van der Waals surface area contributed by atoms with Crippen LogP contribution in [-0.4, -0.2) is 29.9 Å². The summed E-state index contributed by atoms with van der Waals surface area (Å²) in [4.78, 5) is 0. The second-order valence-electron chi connectivity index (χ2n) is 7.37. The van der Waals surface area contributed by atoms with Crippen molar-refractivity contribution in [3.63, 3.8) is 0 Å². The fourth-order valence-corrected chi connectivity index (χ4v) is 4.22. The van der Waals surface area contributed by atoms with Crippen LogP contribution >= 0.6 is 0 Å². The van der Waals surface area contributed by atoms with Gasteiger partial charge < -0.3 is 9.66 Å². The van der Waals surface area contributed by atoms with Crippen molar-refractivity contribution in [1.29, 1.82) is 0 Å². The van der Waals surface area contributed by atoms with Crippen LogP contribution in [0.4, 0.5) is 0 Å². The van der Waals surface area contributed by atoms with Gasteiger partial charge in [0.25, 0.3) is 0 Å². The van der Waals surface area contributed by atoms with Gasteiger partial charge in [0.05, 0.1) is 10.1 Å². The van der Waals surface area contributed by atoms with Crippen molar-refractivity contribution >= 4 is 10.1 Å². The van der Waals surface area contributed by atoms with Gasteiger partial charge in [-0.1, -0.05) is 96.8 Å². The first-order valence-electron chi connectivity index (χ1n) is 10.6. The molecule has 0 rings (SSSR count). The van der Waals surface area contributed by atoms with Gasteiger partial charge in [0.1, 0.15) is 0 Å². The molecule has 0 aliphatic rings. The molecule has 1 unspecified atom stereocenters. The van der Waals surface area contributed by atoms with E-state index in [4.69, 9.17) is 5.11 Å². The normalized spacial score (nSPS) is 12.7. The molecule has 0 heterocycles. The van der Waals surface area contributed by atoms with E-state index in [1.54, 1.807) is 0 Å². The van der Waals surface area contributed by atoms with Crippen LogP contribution in [0.1, 0.15) is 116 Å². The number of aliphatic hydroxyl groups is 1. The summed E-state index contributed by atoms with van der Waals surface area (Å²) in [6, 6.07) is 0. The molecule has 1 atom stereocenters. The van der Waals surface area contributed by atoms with Crippen molar-refractivity contribution in [1.82, 2.24) is 0 Å². The summed E-state index contributed by atoms with van der Waals surface area (Å²) in [5.41, 5.74) is 0. The molecule has 6 heteroatoms. The summed E-state index contributed by atoms with van der Waals surface area (Å²) in [5, 5.41) is 8.04. The standard InChI is InChI=1S/C20H42O4S.K/c1-2-3-4-5-11-14-17-20(25(22,23)24)18-15-12-9-7-6-8-10-13-16-19-21;/h20-21H,2-19H2,1H3,(H,22,23,24);/q;+1/p-1. The fourth-order valence-electron chi connectivity index (χ4n) is 3.31. The van der Waals surface area contributed by atoms with E-state index in [-0.39, 0.29) is 51.4 Å². The molecule has 0 bridgehead atoms. The Kier molecular flexibility index (Phi) is 24.2. The monoisotopic (exact) mass is 416 g/mol. The molecule has 26 heavy (non-hydrogen) atoms. The van der Waals surface area contributed by atoms with Crippen LogP contribution in [0.3, 0.4) is 0 Å². The zero-order chi connectivity index (χ0) is 18.8. The van der Waals surface area contributed by atoms with Crippen molar-refractivity contribution in [2.75, 3.05) is 6.61 Å². The second-order valence-corrected chi connectivity index (χ2v) is 9.02. The van der Waals surface area contributed by atoms with Crippen LogP contribution in [-0.2, 0) is 10.1 Å². The van der Waals surface area contributed by atoms with Crippen molar-refractivity contribution in [3.05, 3.63) is 0 Å². The molecule has 0 saturated carbocycles. The van der Waals surface area contributed by atoms with Gasteiger partial charge in [-0.05, 0) is 19.3 Å². The van der Waals surface area contributed by atoms with Crippen molar-refractivity contribution in [3.8, 4) is 0 Å². The maximum atomic E-state index is 11.4. The molecule has 4 nitrogen and oxygen atoms in total. The van der Waals surface area contributed by atoms with Crippen LogP contribution in [0.5, 0.6) is 0 Å². The quantitative estimate of drug-likeness (QED) is 0.199. The van der Waals surface area contributed by atoms with E-state index in [9.17, 15) is 13.0 Å². The Balaban J connectivity index is 0. The minimum atomic E-state index is -4.14. The van der Waals surface area contributed by atoms with Gasteiger partial charge >= 0.3 is 51.4 Å². The number of aliphatic hydroxyl groups excluding tert-OH is 1. The van der Waals surface area contributed by atoms with E-state index >= 15 is 0 Å². The smallest absolute Gasteiger partial charge is 0.748 e. The van der Waals surface area contributed by atoms with Crippen molar-refractivity contribution in [2.24, 2.45) is 0 Å². The van der Waals surface area contributed by atoms with Crippen LogP contribution in [0.25, 0.3) is 0 Å². The number of hydrogen-bond donors (Lipinski definition) is 1. The maximum absolute atomic E-state index is 11.4. The Morgan fingerprint density at radius 2 is 1.04 bits per heavy atom. The van der Waals surface area contributed by atoms with E-state index in [1.807, 2.05) is 0 Å². The molecule has 0 fully saturated rings. The van der Waals surface area contributed by atoms with Crippen LogP contribution < -0.4 is 51.4 Å². The zero-order valence-corrected chi connectivity index (χ0v) is 21.3. The first-order chi connectivity index (χ1) is 12.0. The third-order valence-corrected chi connectivity index (χ3v) is 6.26. The molecular formula is C20H41KO4S. The Hall–Kier alpha value is 1.51. The first-order valence-corrected chi connectivity index (χ1v) is 12.0. The molecule has 0 amide bonds. The average molecular weight is 417 g/mol. The third kappa shape index (κ3) is 20.2. The van der Waals surface area contributed by atoms with Crippen molar-refractivity contribution in [2.45, 2.75) is 121 Å². The third-order valence-electron chi connectivity index (χ3n) is 4.97. The Morgan fingerprint density at radius 1 is 0.692 bits per heavy atom. The molecule has 0 aromatic carbocycles. The van der Waals surface area contributed by atoms with Crippen LogP contribution in [0.2, 0.25) is 0 Å². The minimum absolute atomic E-state index is 0. The molecule has 0 aliphatic carbocycles. The Morgan fingerprint density at radius 3 is 1.38 bits per heavy atom. The summed E-state index contributed by atoms with van der Waals surface area (Å²) < 4.78 is 34.2. The van der Waals surface area contributed by atoms with Gasteiger partial charge in [-0.25, -0.2) is 8.42 Å². The molecule has 0 aromatic heterocycles. The van der Waals surface area contributed by atoms with E-state index in [2.05, 4.69) is 6.92 Å². The van der Waals surface area contributed by atoms with Gasteiger partial charge in [0, 0.05) is 11.9 Å². The number of unbranched alkanes of at least 4 members (excludes halogenated alkanes) is 13. The Bertz CT molecular complexity index is 374. The van der Waals surface area contributed by atoms with Gasteiger partial charge in [-0.3, -0.25) is 0 Å². The fraction of sp³-hybridized carbons (Fsp3) is 1.00. The number of rotatable bonds is 19. The summed E-state index contributed by atoms with van der Waals surface area (Å²) in [6.07, 6.45) is 17.6. The molecule has 152 valence electrons. The molecule has 0 saturated heterocycles. The maximum Gasteiger partial charge on any atom is 1.00 e. The van der Waals surface area contributed by atoms with Crippen LogP contribution in [0, 0.1) is 0 Å². The largest absolute Gasteiger partial charge is 1.00 e. The zero-order valence-electron chi connectivity index (χ0n) is 17.4. The van der Waals surface area contributed by atoms with E-state index in [1.165, 1.54) is 44.9 Å². The molecule has 0 radical (unpaired) electrons. The second kappa shape index (κ2) is 21.2. The van der Waals surface area contributed by atoms with Gasteiger partial charge in [0.15, 0.2) is 0 Å². The number of hydrogen-bond acceptors (Lipinski definition) is 4.